The van der Waals surface area contributed by atoms with E-state index in [0.29, 0.717) is 24.3 Å². The zero-order valence-electron chi connectivity index (χ0n) is 15.7. The van der Waals surface area contributed by atoms with Crippen LogP contribution in [0.25, 0.3) is 10.9 Å². The minimum absolute atomic E-state index is 0.118. The van der Waals surface area contributed by atoms with Crippen LogP contribution in [0.2, 0.25) is 0 Å². The van der Waals surface area contributed by atoms with Crippen LogP contribution in [0.3, 0.4) is 0 Å². The number of piperazine rings is 1. The second-order valence-corrected chi connectivity index (χ2v) is 6.78. The Balaban J connectivity index is 1.36. The topological polar surface area (TPSA) is 80.5 Å². The zero-order valence-corrected chi connectivity index (χ0v) is 15.7. The SMILES string of the molecule is CNC(=O)c1ccc(NC(=O)N2CCN(c3cccc4[nH]ccc34)CC2)cc1. The highest BCUT2D eigenvalue weighted by Gasteiger charge is 2.22. The minimum atomic E-state index is -0.147. The van der Waals surface area contributed by atoms with E-state index in [1.165, 1.54) is 11.1 Å². The number of anilines is 2. The predicted octanol–water partition coefficient (Wildman–Crippen LogP) is 2.88. The number of nitrogens with zero attached hydrogens (tertiary/aromatic N) is 2. The van der Waals surface area contributed by atoms with Gasteiger partial charge in [0, 0.05) is 67.3 Å². The number of rotatable bonds is 3. The van der Waals surface area contributed by atoms with Crippen molar-refractivity contribution in [3.05, 3.63) is 60.3 Å². The lowest BCUT2D eigenvalue weighted by Gasteiger charge is -2.36. The quantitative estimate of drug-likeness (QED) is 0.657. The van der Waals surface area contributed by atoms with E-state index < -0.39 is 0 Å². The third-order valence-electron chi connectivity index (χ3n) is 5.10. The number of aromatic nitrogens is 1. The van der Waals surface area contributed by atoms with Gasteiger partial charge in [-0.3, -0.25) is 4.79 Å². The molecule has 0 radical (unpaired) electrons. The number of nitrogens with one attached hydrogen (secondary N) is 3. The summed E-state index contributed by atoms with van der Waals surface area (Å²) in [6.45, 7) is 2.88. The van der Waals surface area contributed by atoms with E-state index >= 15 is 0 Å². The third-order valence-corrected chi connectivity index (χ3v) is 5.10. The molecule has 0 aliphatic carbocycles. The third kappa shape index (κ3) is 3.51. The summed E-state index contributed by atoms with van der Waals surface area (Å²) >= 11 is 0. The maximum absolute atomic E-state index is 12.6. The van der Waals surface area contributed by atoms with E-state index in [-0.39, 0.29) is 11.9 Å². The molecule has 7 heteroatoms. The van der Waals surface area contributed by atoms with Gasteiger partial charge in [-0.15, -0.1) is 0 Å². The standard InChI is InChI=1S/C21H23N5O2/c1-22-20(27)15-5-7-16(8-6-15)24-21(28)26-13-11-25(12-14-26)19-4-2-3-18-17(19)9-10-23-18/h2-10,23H,11-14H2,1H3,(H,22,27)(H,24,28). The van der Waals surface area contributed by atoms with Crippen molar-refractivity contribution in [2.24, 2.45) is 0 Å². The molecule has 0 spiro atoms. The largest absolute Gasteiger partial charge is 0.367 e. The van der Waals surface area contributed by atoms with Crippen molar-refractivity contribution in [2.45, 2.75) is 0 Å². The first-order chi connectivity index (χ1) is 13.7. The van der Waals surface area contributed by atoms with Crippen molar-refractivity contribution in [3.63, 3.8) is 0 Å². The number of hydrogen-bond donors (Lipinski definition) is 3. The number of benzene rings is 2. The molecular formula is C21H23N5O2. The number of carbonyl (C=O) groups excluding carboxylic acids is 2. The molecule has 1 aromatic heterocycles. The van der Waals surface area contributed by atoms with Crippen molar-refractivity contribution in [1.29, 1.82) is 0 Å². The van der Waals surface area contributed by atoms with Crippen LogP contribution in [-0.2, 0) is 0 Å². The van der Waals surface area contributed by atoms with Crippen LogP contribution in [0.1, 0.15) is 10.4 Å². The average molecular weight is 377 g/mol. The smallest absolute Gasteiger partial charge is 0.321 e. The molecule has 2 aromatic carbocycles. The van der Waals surface area contributed by atoms with Crippen molar-refractivity contribution < 1.29 is 9.59 Å². The van der Waals surface area contributed by atoms with Gasteiger partial charge in [-0.2, -0.15) is 0 Å². The van der Waals surface area contributed by atoms with Gasteiger partial charge in [0.2, 0.25) is 0 Å². The summed E-state index contributed by atoms with van der Waals surface area (Å²) in [5, 5.41) is 6.69. The van der Waals surface area contributed by atoms with Gasteiger partial charge in [0.1, 0.15) is 0 Å². The molecule has 1 fully saturated rings. The van der Waals surface area contributed by atoms with Gasteiger partial charge >= 0.3 is 6.03 Å². The van der Waals surface area contributed by atoms with Crippen molar-refractivity contribution in [1.82, 2.24) is 15.2 Å². The van der Waals surface area contributed by atoms with Gasteiger partial charge in [-0.1, -0.05) is 6.07 Å². The van der Waals surface area contributed by atoms with Gasteiger partial charge in [-0.05, 0) is 42.5 Å². The Hall–Kier alpha value is -3.48. The summed E-state index contributed by atoms with van der Waals surface area (Å²) in [5.74, 6) is -0.147. The number of H-pyrrole nitrogens is 1. The minimum Gasteiger partial charge on any atom is -0.367 e. The molecule has 0 unspecified atom stereocenters. The normalized spacial score (nSPS) is 14.2. The number of urea groups is 1. The van der Waals surface area contributed by atoms with Gasteiger partial charge in [-0.25, -0.2) is 4.79 Å². The van der Waals surface area contributed by atoms with Crippen LogP contribution in [0.5, 0.6) is 0 Å². The molecule has 0 saturated carbocycles. The van der Waals surface area contributed by atoms with E-state index in [9.17, 15) is 9.59 Å². The van der Waals surface area contributed by atoms with Crippen LogP contribution in [0.15, 0.2) is 54.7 Å². The fourth-order valence-electron chi connectivity index (χ4n) is 3.55. The number of amides is 3. The van der Waals surface area contributed by atoms with E-state index in [1.54, 1.807) is 31.3 Å². The van der Waals surface area contributed by atoms with E-state index in [4.69, 9.17) is 0 Å². The van der Waals surface area contributed by atoms with Crippen LogP contribution in [0.4, 0.5) is 16.2 Å². The average Bonchev–Trinajstić information content (AvgIpc) is 3.23. The predicted molar refractivity (Wildman–Crippen MR) is 111 cm³/mol. The number of hydrogen-bond acceptors (Lipinski definition) is 3. The molecule has 0 atom stereocenters. The molecule has 1 saturated heterocycles. The van der Waals surface area contributed by atoms with Crippen LogP contribution < -0.4 is 15.5 Å². The second kappa shape index (κ2) is 7.64. The first kappa shape index (κ1) is 17.9. The van der Waals surface area contributed by atoms with Gasteiger partial charge < -0.3 is 25.4 Å². The molecule has 7 nitrogen and oxygen atoms in total. The summed E-state index contributed by atoms with van der Waals surface area (Å²) in [6, 6.07) is 15.1. The maximum Gasteiger partial charge on any atom is 0.321 e. The lowest BCUT2D eigenvalue weighted by atomic mass is 10.1. The Labute approximate surface area is 163 Å². The fourth-order valence-corrected chi connectivity index (χ4v) is 3.55. The number of carbonyl (C=O) groups is 2. The van der Waals surface area contributed by atoms with Crippen LogP contribution in [-0.4, -0.2) is 55.0 Å². The Morgan fingerprint density at radius 2 is 1.71 bits per heavy atom. The number of fused-ring (bicyclic) bond motifs is 1. The molecule has 1 aliphatic heterocycles. The molecule has 1 aliphatic rings. The van der Waals surface area contributed by atoms with Gasteiger partial charge in [0.05, 0.1) is 0 Å². The Kier molecular flexibility index (Phi) is 4.89. The fraction of sp³-hybridized carbons (Fsp3) is 0.238. The van der Waals surface area contributed by atoms with Crippen molar-refractivity contribution >= 4 is 34.2 Å². The molecule has 2 heterocycles. The summed E-state index contributed by atoms with van der Waals surface area (Å²) in [6.07, 6.45) is 1.95. The monoisotopic (exact) mass is 377 g/mol. The zero-order chi connectivity index (χ0) is 19.5. The number of aromatic amines is 1. The van der Waals surface area contributed by atoms with E-state index in [0.717, 1.165) is 18.6 Å². The summed E-state index contributed by atoms with van der Waals surface area (Å²) in [4.78, 5) is 31.5. The van der Waals surface area contributed by atoms with E-state index in [2.05, 4.69) is 44.8 Å². The maximum atomic E-state index is 12.6. The van der Waals surface area contributed by atoms with Crippen molar-refractivity contribution in [2.75, 3.05) is 43.4 Å². The first-order valence-electron chi connectivity index (χ1n) is 9.35. The lowest BCUT2D eigenvalue weighted by Crippen LogP contribution is -2.50. The molecular weight excluding hydrogens is 354 g/mol. The van der Waals surface area contributed by atoms with Crippen LogP contribution >= 0.6 is 0 Å². The highest BCUT2D eigenvalue weighted by atomic mass is 16.2. The Morgan fingerprint density at radius 3 is 2.43 bits per heavy atom. The summed E-state index contributed by atoms with van der Waals surface area (Å²) in [5.41, 5.74) is 3.56. The molecule has 3 aromatic rings. The molecule has 4 rings (SSSR count). The summed E-state index contributed by atoms with van der Waals surface area (Å²) < 4.78 is 0. The first-order valence-corrected chi connectivity index (χ1v) is 9.35. The molecule has 144 valence electrons. The Bertz CT molecular complexity index is 987. The van der Waals surface area contributed by atoms with Gasteiger partial charge in [0.25, 0.3) is 5.91 Å². The lowest BCUT2D eigenvalue weighted by molar-refractivity contribution is 0.0963. The van der Waals surface area contributed by atoms with Gasteiger partial charge in [0.15, 0.2) is 0 Å². The van der Waals surface area contributed by atoms with Crippen LogP contribution in [0, 0.1) is 0 Å². The molecule has 28 heavy (non-hydrogen) atoms. The van der Waals surface area contributed by atoms with Crippen molar-refractivity contribution in [3.8, 4) is 0 Å². The second-order valence-electron chi connectivity index (χ2n) is 6.78. The highest BCUT2D eigenvalue weighted by molar-refractivity contribution is 5.95. The summed E-state index contributed by atoms with van der Waals surface area (Å²) in [7, 11) is 1.59. The molecule has 0 bridgehead atoms. The highest BCUT2D eigenvalue weighted by Crippen LogP contribution is 2.27. The van der Waals surface area contributed by atoms with E-state index in [1.807, 2.05) is 11.1 Å². The molecule has 3 amide bonds. The Morgan fingerprint density at radius 1 is 0.964 bits per heavy atom. The molecule has 3 N–H and O–H groups in total.